The molecule has 6 nitrogen and oxygen atoms in total. The Morgan fingerprint density at radius 3 is 2.31 bits per heavy atom. The number of anilines is 1. The van der Waals surface area contributed by atoms with E-state index in [1.165, 1.54) is 12.0 Å². The Morgan fingerprint density at radius 1 is 1.04 bits per heavy atom. The van der Waals surface area contributed by atoms with Crippen molar-refractivity contribution >= 4 is 17.5 Å². The van der Waals surface area contributed by atoms with E-state index in [0.29, 0.717) is 23.7 Å². The van der Waals surface area contributed by atoms with Gasteiger partial charge in [-0.3, -0.25) is 9.59 Å². The topological polar surface area (TPSA) is 67.9 Å². The third-order valence-electron chi connectivity index (χ3n) is 3.93. The summed E-state index contributed by atoms with van der Waals surface area (Å²) < 4.78 is 10.4. The van der Waals surface area contributed by atoms with Gasteiger partial charge in [0.1, 0.15) is 11.5 Å². The molecule has 1 N–H and O–H groups in total. The van der Waals surface area contributed by atoms with Gasteiger partial charge in [-0.25, -0.2) is 0 Å². The van der Waals surface area contributed by atoms with Crippen LogP contribution in [0.4, 0.5) is 5.69 Å². The van der Waals surface area contributed by atoms with E-state index in [-0.39, 0.29) is 6.04 Å². The number of nitrogens with zero attached hydrogens (tertiary/aromatic N) is 1. The molecular formula is C20H24N2O4. The first kappa shape index (κ1) is 19.3. The second-order valence-corrected chi connectivity index (χ2v) is 6.03. The van der Waals surface area contributed by atoms with Crippen molar-refractivity contribution in [1.29, 1.82) is 0 Å². The van der Waals surface area contributed by atoms with Crippen molar-refractivity contribution in [2.45, 2.75) is 26.4 Å². The maximum atomic E-state index is 12.7. The van der Waals surface area contributed by atoms with Gasteiger partial charge in [-0.1, -0.05) is 30.3 Å². The molecular weight excluding hydrogens is 332 g/mol. The average molecular weight is 356 g/mol. The monoisotopic (exact) mass is 356 g/mol. The van der Waals surface area contributed by atoms with Crippen molar-refractivity contribution in [3.8, 4) is 11.5 Å². The van der Waals surface area contributed by atoms with Crippen LogP contribution in [-0.2, 0) is 16.1 Å². The van der Waals surface area contributed by atoms with E-state index in [0.717, 1.165) is 5.56 Å². The normalized spacial score (nSPS) is 10.3. The molecule has 0 aromatic heterocycles. The molecule has 2 aromatic carbocycles. The van der Waals surface area contributed by atoms with Gasteiger partial charge in [-0.15, -0.1) is 0 Å². The highest BCUT2D eigenvalue weighted by atomic mass is 16.5. The van der Waals surface area contributed by atoms with Gasteiger partial charge < -0.3 is 19.7 Å². The third-order valence-corrected chi connectivity index (χ3v) is 3.93. The van der Waals surface area contributed by atoms with Crippen LogP contribution in [0, 0.1) is 0 Å². The molecule has 0 unspecified atom stereocenters. The van der Waals surface area contributed by atoms with Gasteiger partial charge in [0.25, 0.3) is 0 Å². The van der Waals surface area contributed by atoms with Crippen LogP contribution in [0.3, 0.4) is 0 Å². The first-order chi connectivity index (χ1) is 12.5. The van der Waals surface area contributed by atoms with Crippen molar-refractivity contribution in [2.24, 2.45) is 0 Å². The van der Waals surface area contributed by atoms with Crippen LogP contribution in [0.2, 0.25) is 0 Å². The minimum atomic E-state index is -0.710. The van der Waals surface area contributed by atoms with Crippen LogP contribution in [0.5, 0.6) is 11.5 Å². The standard InChI is InChI=1S/C20H24N2O4/c1-14(2)22(13-15-8-6-5-7-9-15)20(24)19(23)21-17-11-10-16(25-3)12-18(17)26-4/h5-12,14H,13H2,1-4H3,(H,21,23). The van der Waals surface area contributed by atoms with Gasteiger partial charge in [0.05, 0.1) is 19.9 Å². The molecule has 0 saturated carbocycles. The van der Waals surface area contributed by atoms with Crippen LogP contribution >= 0.6 is 0 Å². The Kier molecular flexibility index (Phi) is 6.60. The first-order valence-electron chi connectivity index (χ1n) is 8.34. The summed E-state index contributed by atoms with van der Waals surface area (Å²) in [6.07, 6.45) is 0. The van der Waals surface area contributed by atoms with E-state index in [9.17, 15) is 9.59 Å². The minimum absolute atomic E-state index is 0.119. The number of rotatable bonds is 6. The molecule has 0 spiro atoms. The smallest absolute Gasteiger partial charge is 0.314 e. The highest BCUT2D eigenvalue weighted by molar-refractivity contribution is 6.39. The number of ether oxygens (including phenoxy) is 2. The molecule has 0 bridgehead atoms. The Morgan fingerprint density at radius 2 is 1.73 bits per heavy atom. The molecule has 2 rings (SSSR count). The summed E-state index contributed by atoms with van der Waals surface area (Å²) in [6.45, 7) is 4.12. The fraction of sp³-hybridized carbons (Fsp3) is 0.300. The lowest BCUT2D eigenvalue weighted by molar-refractivity contribution is -0.144. The van der Waals surface area contributed by atoms with Crippen molar-refractivity contribution in [2.75, 3.05) is 19.5 Å². The number of nitrogens with one attached hydrogen (secondary N) is 1. The largest absolute Gasteiger partial charge is 0.497 e. The zero-order valence-electron chi connectivity index (χ0n) is 15.5. The van der Waals surface area contributed by atoms with Crippen molar-refractivity contribution in [3.63, 3.8) is 0 Å². The van der Waals surface area contributed by atoms with Crippen LogP contribution in [0.1, 0.15) is 19.4 Å². The quantitative estimate of drug-likeness (QED) is 0.808. The summed E-state index contributed by atoms with van der Waals surface area (Å²) in [6, 6.07) is 14.4. The Hall–Kier alpha value is -3.02. The molecule has 0 saturated heterocycles. The lowest BCUT2D eigenvalue weighted by atomic mass is 10.2. The number of carbonyl (C=O) groups is 2. The van der Waals surface area contributed by atoms with E-state index in [1.54, 1.807) is 25.3 Å². The number of amides is 2. The van der Waals surface area contributed by atoms with Crippen molar-refractivity contribution in [1.82, 2.24) is 4.90 Å². The molecule has 0 aliphatic heterocycles. The maximum absolute atomic E-state index is 12.7. The van der Waals surface area contributed by atoms with Crippen LogP contribution in [-0.4, -0.2) is 37.0 Å². The molecule has 0 radical (unpaired) electrons. The minimum Gasteiger partial charge on any atom is -0.497 e. The zero-order valence-corrected chi connectivity index (χ0v) is 15.5. The van der Waals surface area contributed by atoms with Gasteiger partial charge >= 0.3 is 11.8 Å². The molecule has 26 heavy (non-hydrogen) atoms. The summed E-state index contributed by atoms with van der Waals surface area (Å²) in [5, 5.41) is 2.62. The second kappa shape index (κ2) is 8.89. The van der Waals surface area contributed by atoms with Gasteiger partial charge in [0.2, 0.25) is 0 Å². The highest BCUT2D eigenvalue weighted by Gasteiger charge is 2.25. The van der Waals surface area contributed by atoms with Crippen LogP contribution < -0.4 is 14.8 Å². The fourth-order valence-electron chi connectivity index (χ4n) is 2.48. The van der Waals surface area contributed by atoms with Crippen LogP contribution in [0.15, 0.2) is 48.5 Å². The van der Waals surface area contributed by atoms with E-state index >= 15 is 0 Å². The molecule has 2 aromatic rings. The van der Waals surface area contributed by atoms with E-state index in [1.807, 2.05) is 44.2 Å². The van der Waals surface area contributed by atoms with Gasteiger partial charge in [0, 0.05) is 18.7 Å². The zero-order chi connectivity index (χ0) is 19.1. The van der Waals surface area contributed by atoms with E-state index in [4.69, 9.17) is 9.47 Å². The summed E-state index contributed by atoms with van der Waals surface area (Å²) in [7, 11) is 3.03. The first-order valence-corrected chi connectivity index (χ1v) is 8.34. The third kappa shape index (κ3) is 4.75. The van der Waals surface area contributed by atoms with Crippen molar-refractivity contribution < 1.29 is 19.1 Å². The highest BCUT2D eigenvalue weighted by Crippen LogP contribution is 2.29. The predicted molar refractivity (Wildman–Crippen MR) is 100 cm³/mol. The molecule has 0 atom stereocenters. The number of benzene rings is 2. The fourth-order valence-corrected chi connectivity index (χ4v) is 2.48. The second-order valence-electron chi connectivity index (χ2n) is 6.03. The Bertz CT molecular complexity index is 760. The molecule has 0 fully saturated rings. The van der Waals surface area contributed by atoms with E-state index in [2.05, 4.69) is 5.32 Å². The number of hydrogen-bond donors (Lipinski definition) is 1. The molecule has 2 amide bonds. The van der Waals surface area contributed by atoms with E-state index < -0.39 is 11.8 Å². The lowest BCUT2D eigenvalue weighted by Crippen LogP contribution is -2.43. The molecule has 0 aliphatic rings. The maximum Gasteiger partial charge on any atom is 0.314 e. The lowest BCUT2D eigenvalue weighted by Gasteiger charge is -2.26. The summed E-state index contributed by atoms with van der Waals surface area (Å²) in [4.78, 5) is 26.7. The Balaban J connectivity index is 2.15. The SMILES string of the molecule is COc1ccc(NC(=O)C(=O)N(Cc2ccccc2)C(C)C)c(OC)c1. The Labute approximate surface area is 153 Å². The molecule has 0 aliphatic carbocycles. The summed E-state index contributed by atoms with van der Waals surface area (Å²) in [5.41, 5.74) is 1.37. The average Bonchev–Trinajstić information content (AvgIpc) is 2.66. The molecule has 138 valence electrons. The van der Waals surface area contributed by atoms with Gasteiger partial charge in [-0.05, 0) is 31.5 Å². The summed E-state index contributed by atoms with van der Waals surface area (Å²) >= 11 is 0. The van der Waals surface area contributed by atoms with Gasteiger partial charge in [-0.2, -0.15) is 0 Å². The number of carbonyl (C=O) groups excluding carboxylic acids is 2. The predicted octanol–water partition coefficient (Wildman–Crippen LogP) is 3.08. The van der Waals surface area contributed by atoms with Crippen LogP contribution in [0.25, 0.3) is 0 Å². The number of methoxy groups -OCH3 is 2. The van der Waals surface area contributed by atoms with Gasteiger partial charge in [0.15, 0.2) is 0 Å². The molecule has 0 heterocycles. The summed E-state index contributed by atoms with van der Waals surface area (Å²) in [5.74, 6) is -0.288. The number of hydrogen-bond acceptors (Lipinski definition) is 4. The molecule has 6 heteroatoms. The van der Waals surface area contributed by atoms with Crippen molar-refractivity contribution in [3.05, 3.63) is 54.1 Å².